The number of ether oxygens (including phenoxy) is 1. The highest BCUT2D eigenvalue weighted by atomic mass is 79.9. The van der Waals surface area contributed by atoms with Crippen LogP contribution in [0, 0.1) is 0 Å². The second-order valence-electron chi connectivity index (χ2n) is 4.74. The van der Waals surface area contributed by atoms with Crippen LogP contribution in [0.3, 0.4) is 0 Å². The van der Waals surface area contributed by atoms with Crippen LogP contribution in [-0.2, 0) is 6.54 Å². The molecule has 0 unspecified atom stereocenters. The molecule has 2 aromatic rings. The van der Waals surface area contributed by atoms with Crippen molar-refractivity contribution < 1.29 is 4.74 Å². The molecule has 0 aliphatic heterocycles. The van der Waals surface area contributed by atoms with Crippen molar-refractivity contribution in [3.63, 3.8) is 0 Å². The maximum absolute atomic E-state index is 5.23. The molecule has 1 aromatic heterocycles. The van der Waals surface area contributed by atoms with Gasteiger partial charge in [-0.15, -0.1) is 0 Å². The lowest BCUT2D eigenvalue weighted by Crippen LogP contribution is -2.23. The Hall–Kier alpha value is -1.46. The number of aromatic nitrogens is 2. The van der Waals surface area contributed by atoms with Gasteiger partial charge in [0, 0.05) is 17.8 Å². The quantitative estimate of drug-likeness (QED) is 0.909. The van der Waals surface area contributed by atoms with E-state index in [0.29, 0.717) is 12.6 Å². The molecule has 5 heteroatoms. The Morgan fingerprint density at radius 2 is 2.10 bits per heavy atom. The highest BCUT2D eigenvalue weighted by Gasteiger charge is 2.06. The first kappa shape index (κ1) is 14.9. The van der Waals surface area contributed by atoms with Gasteiger partial charge in [-0.2, -0.15) is 0 Å². The fourth-order valence-electron chi connectivity index (χ4n) is 1.77. The summed E-state index contributed by atoms with van der Waals surface area (Å²) in [6.45, 7) is 4.87. The molecule has 2 rings (SSSR count). The molecule has 0 bridgehead atoms. The van der Waals surface area contributed by atoms with Crippen LogP contribution < -0.4 is 10.1 Å². The van der Waals surface area contributed by atoms with Crippen molar-refractivity contribution in [2.45, 2.75) is 26.4 Å². The van der Waals surface area contributed by atoms with Crippen molar-refractivity contribution in [1.29, 1.82) is 0 Å². The lowest BCUT2D eigenvalue weighted by Gasteiger charge is -2.09. The van der Waals surface area contributed by atoms with Crippen molar-refractivity contribution >= 4 is 15.9 Å². The molecule has 0 radical (unpaired) electrons. The Kier molecular flexibility index (Phi) is 5.09. The molecule has 0 fully saturated rings. The molecule has 0 aliphatic carbocycles. The zero-order valence-corrected chi connectivity index (χ0v) is 13.4. The molecule has 1 N–H and O–H groups in total. The molecule has 106 valence electrons. The van der Waals surface area contributed by atoms with Crippen LogP contribution in [0.15, 0.2) is 34.9 Å². The Bertz CT molecular complexity index is 587. The fraction of sp³-hybridized carbons (Fsp3) is 0.333. The smallest absolute Gasteiger partial charge is 0.142 e. The third-order valence-corrected chi connectivity index (χ3v) is 3.44. The Labute approximate surface area is 127 Å². The van der Waals surface area contributed by atoms with Gasteiger partial charge in [0.15, 0.2) is 0 Å². The predicted molar refractivity (Wildman–Crippen MR) is 83.7 cm³/mol. The number of benzene rings is 1. The van der Waals surface area contributed by atoms with Crippen molar-refractivity contribution in [1.82, 2.24) is 15.3 Å². The van der Waals surface area contributed by atoms with Gasteiger partial charge < -0.3 is 10.1 Å². The van der Waals surface area contributed by atoms with Gasteiger partial charge >= 0.3 is 0 Å². The van der Waals surface area contributed by atoms with Crippen LogP contribution in [0.4, 0.5) is 0 Å². The topological polar surface area (TPSA) is 47.0 Å². The normalized spacial score (nSPS) is 10.8. The number of methoxy groups -OCH3 is 1. The summed E-state index contributed by atoms with van der Waals surface area (Å²) in [4.78, 5) is 8.86. The number of rotatable bonds is 5. The molecule has 0 aliphatic rings. The molecule has 1 aromatic carbocycles. The minimum atomic E-state index is 0.414. The Morgan fingerprint density at radius 1 is 1.30 bits per heavy atom. The SMILES string of the molecule is COc1ccc(-c2ccnc(CNC(C)C)n2)cc1Br. The van der Waals surface area contributed by atoms with Crippen LogP contribution in [-0.4, -0.2) is 23.1 Å². The molecule has 20 heavy (non-hydrogen) atoms. The van der Waals surface area contributed by atoms with E-state index in [-0.39, 0.29) is 0 Å². The molecule has 0 saturated carbocycles. The Morgan fingerprint density at radius 3 is 2.75 bits per heavy atom. The predicted octanol–water partition coefficient (Wildman–Crippen LogP) is 3.41. The van der Waals surface area contributed by atoms with Crippen LogP contribution in [0.2, 0.25) is 0 Å². The lowest BCUT2D eigenvalue weighted by molar-refractivity contribution is 0.412. The van der Waals surface area contributed by atoms with Crippen LogP contribution in [0.1, 0.15) is 19.7 Å². The zero-order valence-electron chi connectivity index (χ0n) is 11.9. The highest BCUT2D eigenvalue weighted by Crippen LogP contribution is 2.29. The molecule has 0 spiro atoms. The first-order chi connectivity index (χ1) is 9.60. The minimum Gasteiger partial charge on any atom is -0.496 e. The second-order valence-corrected chi connectivity index (χ2v) is 5.60. The Balaban J connectivity index is 2.24. The lowest BCUT2D eigenvalue weighted by atomic mass is 10.1. The first-order valence-electron chi connectivity index (χ1n) is 6.49. The highest BCUT2D eigenvalue weighted by molar-refractivity contribution is 9.10. The van der Waals surface area contributed by atoms with Gasteiger partial charge in [0.05, 0.1) is 23.8 Å². The van der Waals surface area contributed by atoms with Crippen LogP contribution >= 0.6 is 15.9 Å². The molecular formula is C15H18BrN3O. The molecule has 1 heterocycles. The summed E-state index contributed by atoms with van der Waals surface area (Å²) in [5, 5.41) is 3.32. The summed E-state index contributed by atoms with van der Waals surface area (Å²) >= 11 is 3.49. The van der Waals surface area contributed by atoms with Crippen molar-refractivity contribution in [3.8, 4) is 17.0 Å². The van der Waals surface area contributed by atoms with Gasteiger partial charge in [-0.1, -0.05) is 13.8 Å². The molecule has 0 atom stereocenters. The van der Waals surface area contributed by atoms with E-state index in [0.717, 1.165) is 27.3 Å². The van der Waals surface area contributed by atoms with E-state index < -0.39 is 0 Å². The number of hydrogen-bond acceptors (Lipinski definition) is 4. The summed E-state index contributed by atoms with van der Waals surface area (Å²) in [6.07, 6.45) is 1.79. The molecule has 4 nitrogen and oxygen atoms in total. The summed E-state index contributed by atoms with van der Waals surface area (Å²) in [5.74, 6) is 1.60. The largest absolute Gasteiger partial charge is 0.496 e. The number of halogens is 1. The van der Waals surface area contributed by atoms with Crippen molar-refractivity contribution in [2.75, 3.05) is 7.11 Å². The van der Waals surface area contributed by atoms with E-state index in [9.17, 15) is 0 Å². The standard InChI is InChI=1S/C15H18BrN3O/c1-10(2)18-9-15-17-7-6-13(19-15)11-4-5-14(20-3)12(16)8-11/h4-8,10,18H,9H2,1-3H3. The number of hydrogen-bond donors (Lipinski definition) is 1. The van der Waals surface area contributed by atoms with Gasteiger partial charge in [0.25, 0.3) is 0 Å². The van der Waals surface area contributed by atoms with Gasteiger partial charge in [0.2, 0.25) is 0 Å². The van der Waals surface area contributed by atoms with E-state index in [4.69, 9.17) is 4.74 Å². The molecular weight excluding hydrogens is 318 g/mol. The molecule has 0 amide bonds. The van der Waals surface area contributed by atoms with Gasteiger partial charge in [0.1, 0.15) is 11.6 Å². The minimum absolute atomic E-state index is 0.414. The van der Waals surface area contributed by atoms with Crippen molar-refractivity contribution in [3.05, 3.63) is 40.8 Å². The third-order valence-electron chi connectivity index (χ3n) is 2.82. The van der Waals surface area contributed by atoms with Crippen LogP contribution in [0.25, 0.3) is 11.3 Å². The summed E-state index contributed by atoms with van der Waals surface area (Å²) in [6, 6.07) is 8.24. The monoisotopic (exact) mass is 335 g/mol. The summed E-state index contributed by atoms with van der Waals surface area (Å²) in [5.41, 5.74) is 1.94. The summed E-state index contributed by atoms with van der Waals surface area (Å²) in [7, 11) is 1.65. The van der Waals surface area contributed by atoms with Gasteiger partial charge in [-0.25, -0.2) is 9.97 Å². The summed E-state index contributed by atoms with van der Waals surface area (Å²) < 4.78 is 6.15. The first-order valence-corrected chi connectivity index (χ1v) is 7.28. The third kappa shape index (κ3) is 3.77. The maximum Gasteiger partial charge on any atom is 0.142 e. The van der Waals surface area contributed by atoms with Gasteiger partial charge in [-0.3, -0.25) is 0 Å². The van der Waals surface area contributed by atoms with Crippen molar-refractivity contribution in [2.24, 2.45) is 0 Å². The molecule has 0 saturated heterocycles. The second kappa shape index (κ2) is 6.81. The van der Waals surface area contributed by atoms with Gasteiger partial charge in [-0.05, 0) is 40.2 Å². The van der Waals surface area contributed by atoms with E-state index >= 15 is 0 Å². The number of nitrogens with zero attached hydrogens (tertiary/aromatic N) is 2. The van der Waals surface area contributed by atoms with E-state index in [2.05, 4.69) is 45.1 Å². The van der Waals surface area contributed by atoms with E-state index in [1.807, 2.05) is 24.3 Å². The van der Waals surface area contributed by atoms with Crippen LogP contribution in [0.5, 0.6) is 5.75 Å². The van der Waals surface area contributed by atoms with E-state index in [1.54, 1.807) is 13.3 Å². The zero-order chi connectivity index (χ0) is 14.5. The maximum atomic E-state index is 5.23. The average molecular weight is 336 g/mol. The fourth-order valence-corrected chi connectivity index (χ4v) is 2.31. The van der Waals surface area contributed by atoms with E-state index in [1.165, 1.54) is 0 Å². The average Bonchev–Trinajstić information content (AvgIpc) is 2.45. The number of nitrogens with one attached hydrogen (secondary N) is 1.